The standard InChI is InChI=1S/C14H21ClFN3/c1-18-5-6-19(2)12(10-18)9-17-8-11-3-4-13(15)14(16)7-11/h3-4,7,12,17H,5-6,8-10H2,1-2H3. The molecule has 0 saturated carbocycles. The molecule has 1 unspecified atom stereocenters. The molecule has 1 aliphatic rings. The van der Waals surface area contributed by atoms with Crippen molar-refractivity contribution in [3.05, 3.63) is 34.6 Å². The molecule has 0 spiro atoms. The van der Waals surface area contributed by atoms with E-state index in [0.29, 0.717) is 12.6 Å². The molecule has 1 N–H and O–H groups in total. The van der Waals surface area contributed by atoms with Gasteiger partial charge in [-0.05, 0) is 31.8 Å². The average Bonchev–Trinajstić information content (AvgIpc) is 2.38. The van der Waals surface area contributed by atoms with Crippen molar-refractivity contribution in [3.8, 4) is 0 Å². The van der Waals surface area contributed by atoms with Crippen LogP contribution in [0, 0.1) is 5.82 Å². The third-order valence-corrected chi connectivity index (χ3v) is 3.98. The molecule has 1 aromatic rings. The van der Waals surface area contributed by atoms with Crippen molar-refractivity contribution in [3.63, 3.8) is 0 Å². The second-order valence-electron chi connectivity index (χ2n) is 5.28. The van der Waals surface area contributed by atoms with Crippen LogP contribution in [-0.2, 0) is 6.54 Å². The van der Waals surface area contributed by atoms with E-state index in [4.69, 9.17) is 11.6 Å². The third-order valence-electron chi connectivity index (χ3n) is 3.67. The minimum atomic E-state index is -0.351. The van der Waals surface area contributed by atoms with E-state index in [1.165, 1.54) is 6.07 Å². The maximum Gasteiger partial charge on any atom is 0.142 e. The molecule has 1 aliphatic heterocycles. The normalized spacial score (nSPS) is 21.8. The van der Waals surface area contributed by atoms with Gasteiger partial charge in [0, 0.05) is 38.8 Å². The van der Waals surface area contributed by atoms with Crippen LogP contribution in [0.5, 0.6) is 0 Å². The molecule has 0 amide bonds. The molecule has 0 radical (unpaired) electrons. The Bertz CT molecular complexity index is 427. The number of likely N-dealkylation sites (N-methyl/N-ethyl adjacent to an activating group) is 2. The molecule has 0 bridgehead atoms. The first-order valence-corrected chi connectivity index (χ1v) is 6.97. The van der Waals surface area contributed by atoms with Gasteiger partial charge in [-0.1, -0.05) is 17.7 Å². The topological polar surface area (TPSA) is 18.5 Å². The van der Waals surface area contributed by atoms with Crippen molar-refractivity contribution in [2.24, 2.45) is 0 Å². The molecule has 0 aliphatic carbocycles. The minimum absolute atomic E-state index is 0.178. The second kappa shape index (κ2) is 6.66. The number of hydrogen-bond acceptors (Lipinski definition) is 3. The van der Waals surface area contributed by atoms with E-state index in [-0.39, 0.29) is 10.8 Å². The number of nitrogens with zero attached hydrogens (tertiary/aromatic N) is 2. The second-order valence-corrected chi connectivity index (χ2v) is 5.68. The maximum atomic E-state index is 13.3. The van der Waals surface area contributed by atoms with Gasteiger partial charge in [0.15, 0.2) is 0 Å². The lowest BCUT2D eigenvalue weighted by atomic mass is 10.1. The Morgan fingerprint density at radius 3 is 2.89 bits per heavy atom. The minimum Gasteiger partial charge on any atom is -0.311 e. The predicted molar refractivity (Wildman–Crippen MR) is 77.0 cm³/mol. The molecule has 3 nitrogen and oxygen atoms in total. The molecule has 19 heavy (non-hydrogen) atoms. The maximum absolute atomic E-state index is 13.3. The molecule has 1 heterocycles. The van der Waals surface area contributed by atoms with E-state index in [0.717, 1.165) is 31.7 Å². The lowest BCUT2D eigenvalue weighted by Gasteiger charge is -2.37. The highest BCUT2D eigenvalue weighted by Crippen LogP contribution is 2.15. The largest absolute Gasteiger partial charge is 0.311 e. The Kier molecular flexibility index (Phi) is 5.16. The van der Waals surface area contributed by atoms with Crippen LogP contribution in [-0.4, -0.2) is 56.1 Å². The molecule has 1 fully saturated rings. The van der Waals surface area contributed by atoms with Crippen LogP contribution < -0.4 is 5.32 Å². The van der Waals surface area contributed by atoms with Gasteiger partial charge >= 0.3 is 0 Å². The molecule has 0 aromatic heterocycles. The highest BCUT2D eigenvalue weighted by molar-refractivity contribution is 6.30. The van der Waals surface area contributed by atoms with Gasteiger partial charge in [-0.3, -0.25) is 4.90 Å². The number of benzene rings is 1. The Morgan fingerprint density at radius 1 is 1.37 bits per heavy atom. The molecule has 2 rings (SSSR count). The quantitative estimate of drug-likeness (QED) is 0.910. The average molecular weight is 286 g/mol. The van der Waals surface area contributed by atoms with Gasteiger partial charge in [0.1, 0.15) is 5.82 Å². The first-order chi connectivity index (χ1) is 9.06. The Hall–Kier alpha value is -0.680. The molecule has 106 valence electrons. The molecule has 5 heteroatoms. The lowest BCUT2D eigenvalue weighted by Crippen LogP contribution is -2.53. The summed E-state index contributed by atoms with van der Waals surface area (Å²) in [5, 5.41) is 3.57. The van der Waals surface area contributed by atoms with Crippen molar-refractivity contribution in [2.45, 2.75) is 12.6 Å². The van der Waals surface area contributed by atoms with Crippen LogP contribution in [0.4, 0.5) is 4.39 Å². The SMILES string of the molecule is CN1CCN(C)C(CNCc2ccc(Cl)c(F)c2)C1. The van der Waals surface area contributed by atoms with Crippen molar-refractivity contribution in [1.82, 2.24) is 15.1 Å². The molecular formula is C14H21ClFN3. The summed E-state index contributed by atoms with van der Waals surface area (Å²) in [6.07, 6.45) is 0. The third kappa shape index (κ3) is 4.14. The first kappa shape index (κ1) is 14.7. The summed E-state index contributed by atoms with van der Waals surface area (Å²) in [7, 11) is 4.30. The monoisotopic (exact) mass is 285 g/mol. The summed E-state index contributed by atoms with van der Waals surface area (Å²) in [5.41, 5.74) is 0.925. The van der Waals surface area contributed by atoms with Crippen LogP contribution in [0.3, 0.4) is 0 Å². The van der Waals surface area contributed by atoms with E-state index in [1.54, 1.807) is 6.07 Å². The van der Waals surface area contributed by atoms with Crippen molar-refractivity contribution in [2.75, 3.05) is 40.3 Å². The summed E-state index contributed by atoms with van der Waals surface area (Å²) in [4.78, 5) is 4.71. The fraction of sp³-hybridized carbons (Fsp3) is 0.571. The number of halogens is 2. The Labute approximate surface area is 119 Å². The van der Waals surface area contributed by atoms with Gasteiger partial charge in [0.2, 0.25) is 0 Å². The van der Waals surface area contributed by atoms with Crippen molar-refractivity contribution >= 4 is 11.6 Å². The van der Waals surface area contributed by atoms with Crippen molar-refractivity contribution in [1.29, 1.82) is 0 Å². The zero-order valence-corrected chi connectivity index (χ0v) is 12.3. The smallest absolute Gasteiger partial charge is 0.142 e. The fourth-order valence-corrected chi connectivity index (χ4v) is 2.47. The van der Waals surface area contributed by atoms with Gasteiger partial charge in [0.05, 0.1) is 5.02 Å². The number of piperazine rings is 1. The van der Waals surface area contributed by atoms with Crippen LogP contribution in [0.1, 0.15) is 5.56 Å². The summed E-state index contributed by atoms with van der Waals surface area (Å²) >= 11 is 5.66. The van der Waals surface area contributed by atoms with Gasteiger partial charge in [-0.25, -0.2) is 4.39 Å². The summed E-state index contributed by atoms with van der Waals surface area (Å²) in [5.74, 6) is -0.351. The Balaban J connectivity index is 1.80. The summed E-state index contributed by atoms with van der Waals surface area (Å²) in [6.45, 7) is 4.86. The number of nitrogens with one attached hydrogen (secondary N) is 1. The van der Waals surface area contributed by atoms with Gasteiger partial charge < -0.3 is 10.2 Å². The zero-order valence-electron chi connectivity index (χ0n) is 11.5. The highest BCUT2D eigenvalue weighted by atomic mass is 35.5. The van der Waals surface area contributed by atoms with Crippen LogP contribution >= 0.6 is 11.6 Å². The van der Waals surface area contributed by atoms with E-state index in [2.05, 4.69) is 29.2 Å². The first-order valence-electron chi connectivity index (χ1n) is 6.59. The van der Waals surface area contributed by atoms with Gasteiger partial charge in [-0.2, -0.15) is 0 Å². The zero-order chi connectivity index (χ0) is 13.8. The van der Waals surface area contributed by atoms with Gasteiger partial charge in [0.25, 0.3) is 0 Å². The summed E-state index contributed by atoms with van der Waals surface area (Å²) in [6, 6.07) is 5.46. The molecular weight excluding hydrogens is 265 g/mol. The van der Waals surface area contributed by atoms with Crippen LogP contribution in [0.2, 0.25) is 5.02 Å². The van der Waals surface area contributed by atoms with Crippen molar-refractivity contribution < 1.29 is 4.39 Å². The van der Waals surface area contributed by atoms with Gasteiger partial charge in [-0.15, -0.1) is 0 Å². The van der Waals surface area contributed by atoms with E-state index >= 15 is 0 Å². The van der Waals surface area contributed by atoms with Crippen LogP contribution in [0.25, 0.3) is 0 Å². The predicted octanol–water partition coefficient (Wildman–Crippen LogP) is 1.81. The molecule has 1 atom stereocenters. The molecule has 1 saturated heterocycles. The van der Waals surface area contributed by atoms with E-state index < -0.39 is 0 Å². The highest BCUT2D eigenvalue weighted by Gasteiger charge is 2.21. The number of rotatable bonds is 4. The van der Waals surface area contributed by atoms with Crippen LogP contribution in [0.15, 0.2) is 18.2 Å². The van der Waals surface area contributed by atoms with E-state index in [1.807, 2.05) is 6.07 Å². The van der Waals surface area contributed by atoms with E-state index in [9.17, 15) is 4.39 Å². The number of hydrogen-bond donors (Lipinski definition) is 1. The Morgan fingerprint density at radius 2 is 2.16 bits per heavy atom. The molecule has 1 aromatic carbocycles. The fourth-order valence-electron chi connectivity index (χ4n) is 2.35. The summed E-state index contributed by atoms with van der Waals surface area (Å²) < 4.78 is 13.3. The lowest BCUT2D eigenvalue weighted by molar-refractivity contribution is 0.113.